The van der Waals surface area contributed by atoms with Crippen molar-refractivity contribution in [3.05, 3.63) is 0 Å². The molecule has 0 heterocycles. The quantitative estimate of drug-likeness (QED) is 0.322. The summed E-state index contributed by atoms with van der Waals surface area (Å²) in [6, 6.07) is 0. The Morgan fingerprint density at radius 1 is 1.00 bits per heavy atom. The van der Waals surface area contributed by atoms with E-state index in [1.165, 1.54) is 0 Å². The van der Waals surface area contributed by atoms with Crippen LogP contribution in [-0.2, 0) is 40.2 Å². The molecule has 9 nitrogen and oxygen atoms in total. The predicted molar refractivity (Wildman–Crippen MR) is 40.3 cm³/mol. The molecule has 0 aromatic carbocycles. The van der Waals surface area contributed by atoms with E-state index in [-0.39, 0.29) is 6.10 Å². The Morgan fingerprint density at radius 3 is 2.20 bits per heavy atom. The lowest BCUT2D eigenvalue weighted by Crippen LogP contribution is -2.09. The first-order valence-corrected chi connectivity index (χ1v) is 4.28. The first-order valence-electron chi connectivity index (χ1n) is 4.28. The molecule has 92 valence electrons. The molecule has 0 aliphatic rings. The first-order chi connectivity index (χ1) is 7.31. The van der Waals surface area contributed by atoms with Crippen LogP contribution in [0.4, 0.5) is 0 Å². The summed E-state index contributed by atoms with van der Waals surface area (Å²) < 4.78 is 0. The maximum Gasteiger partial charge on any atom is 0.0934 e. The highest BCUT2D eigenvalue weighted by molar-refractivity contribution is 4.45. The van der Waals surface area contributed by atoms with Crippen molar-refractivity contribution >= 4 is 0 Å². The molecule has 0 saturated heterocycles. The fourth-order valence-corrected chi connectivity index (χ4v) is 0.681. The summed E-state index contributed by atoms with van der Waals surface area (Å²) in [4.78, 5) is 4.65. The third-order valence-corrected chi connectivity index (χ3v) is 1.34. The lowest BCUT2D eigenvalue weighted by Gasteiger charge is -2.07. The van der Waals surface area contributed by atoms with Gasteiger partial charge in [-0.3, -0.25) is 0 Å². The number of hydrogen-bond donors (Lipinski definition) is 1. The first kappa shape index (κ1) is 14.6. The highest BCUT2D eigenvalue weighted by atomic mass is 17.9. The molecule has 0 radical (unpaired) electrons. The van der Waals surface area contributed by atoms with Gasteiger partial charge in [-0.1, -0.05) is 19.8 Å². The van der Waals surface area contributed by atoms with Gasteiger partial charge in [0.25, 0.3) is 0 Å². The molecule has 9 heteroatoms. The summed E-state index contributed by atoms with van der Waals surface area (Å²) in [7, 11) is 0. The van der Waals surface area contributed by atoms with Crippen LogP contribution in [0.1, 0.15) is 33.1 Å². The topological polar surface area (TPSA) is 94.1 Å². The monoisotopic (exact) mass is 230 g/mol. The van der Waals surface area contributed by atoms with Gasteiger partial charge in [0, 0.05) is 0 Å². The second-order valence-corrected chi connectivity index (χ2v) is 2.53. The molecule has 0 bridgehead atoms. The van der Waals surface area contributed by atoms with Crippen LogP contribution < -0.4 is 0 Å². The second-order valence-electron chi connectivity index (χ2n) is 2.53. The second kappa shape index (κ2) is 11.7. The normalized spacial score (nSPS) is 13.0. The largest absolute Gasteiger partial charge is 0.219 e. The third-order valence-electron chi connectivity index (χ3n) is 1.34. The van der Waals surface area contributed by atoms with Crippen molar-refractivity contribution in [1.29, 1.82) is 0 Å². The van der Waals surface area contributed by atoms with Crippen molar-refractivity contribution in [2.45, 2.75) is 39.2 Å². The van der Waals surface area contributed by atoms with Gasteiger partial charge in [-0.15, -0.1) is 0 Å². The number of rotatable bonds is 11. The van der Waals surface area contributed by atoms with E-state index in [0.717, 1.165) is 19.3 Å². The van der Waals surface area contributed by atoms with Gasteiger partial charge in [-0.05, 0) is 48.6 Å². The molecular weight excluding hydrogens is 216 g/mol. The lowest BCUT2D eigenvalue weighted by molar-refractivity contribution is -0.831. The van der Waals surface area contributed by atoms with Gasteiger partial charge in [0.15, 0.2) is 0 Å². The van der Waals surface area contributed by atoms with Crippen LogP contribution in [0.2, 0.25) is 0 Å². The van der Waals surface area contributed by atoms with Crippen LogP contribution in [0.15, 0.2) is 0 Å². The highest BCUT2D eigenvalue weighted by Crippen LogP contribution is 2.04. The van der Waals surface area contributed by atoms with E-state index in [1.807, 2.05) is 0 Å². The molecule has 0 aromatic rings. The molecular formula is C6H14O9. The molecule has 0 fully saturated rings. The minimum Gasteiger partial charge on any atom is -0.219 e. The minimum atomic E-state index is -0.147. The summed E-state index contributed by atoms with van der Waals surface area (Å²) in [6.45, 7) is 3.85. The van der Waals surface area contributed by atoms with Crippen molar-refractivity contribution in [3.8, 4) is 0 Å². The molecule has 0 rings (SSSR count). The van der Waals surface area contributed by atoms with Crippen LogP contribution >= 0.6 is 0 Å². The highest BCUT2D eigenvalue weighted by Gasteiger charge is 2.03. The average molecular weight is 230 g/mol. The molecule has 1 atom stereocenters. The maximum atomic E-state index is 7.54. The zero-order valence-electron chi connectivity index (χ0n) is 8.41. The van der Waals surface area contributed by atoms with Gasteiger partial charge in [0.05, 0.1) is 6.10 Å². The summed E-state index contributed by atoms with van der Waals surface area (Å²) in [5.74, 6) is 0. The molecule has 0 aromatic heterocycles. The Morgan fingerprint density at radius 2 is 1.60 bits per heavy atom. The van der Waals surface area contributed by atoms with Crippen molar-refractivity contribution in [2.75, 3.05) is 0 Å². The number of hydrogen-bond acceptors (Lipinski definition) is 9. The van der Waals surface area contributed by atoms with Crippen LogP contribution in [-0.4, -0.2) is 11.4 Å². The molecule has 0 unspecified atom stereocenters. The van der Waals surface area contributed by atoms with E-state index < -0.39 is 0 Å². The van der Waals surface area contributed by atoms with Crippen molar-refractivity contribution in [1.82, 2.24) is 0 Å². The number of unbranched alkanes of at least 4 members (excludes halogenated alkanes) is 1. The van der Waals surface area contributed by atoms with Gasteiger partial charge >= 0.3 is 0 Å². The van der Waals surface area contributed by atoms with Crippen molar-refractivity contribution in [2.24, 2.45) is 0 Å². The molecule has 0 aliphatic carbocycles. The zero-order chi connectivity index (χ0) is 11.4. The fraction of sp³-hybridized carbons (Fsp3) is 1.00. The molecule has 15 heavy (non-hydrogen) atoms. The van der Waals surface area contributed by atoms with Crippen molar-refractivity contribution < 1.29 is 45.4 Å². The smallest absolute Gasteiger partial charge is 0.0934 e. The van der Waals surface area contributed by atoms with Gasteiger partial charge in [-0.2, -0.15) is 0 Å². The Kier molecular flexibility index (Phi) is 11.4. The fourth-order valence-electron chi connectivity index (χ4n) is 0.681. The molecule has 0 spiro atoms. The average Bonchev–Trinajstić information content (AvgIpc) is 2.25. The van der Waals surface area contributed by atoms with Crippen LogP contribution in [0, 0.1) is 0 Å². The van der Waals surface area contributed by atoms with Crippen LogP contribution in [0.5, 0.6) is 0 Å². The Labute approximate surface area is 85.7 Å². The predicted octanol–water partition coefficient (Wildman–Crippen LogP) is 1.58. The zero-order valence-corrected chi connectivity index (χ0v) is 8.41. The summed E-state index contributed by atoms with van der Waals surface area (Å²) in [5, 5.41) is 32.6. The van der Waals surface area contributed by atoms with E-state index in [4.69, 9.17) is 5.26 Å². The van der Waals surface area contributed by atoms with Crippen LogP contribution in [0.25, 0.3) is 0 Å². The lowest BCUT2D eigenvalue weighted by atomic mass is 10.2. The molecule has 0 amide bonds. The SMILES string of the molecule is CCCC[C@H](C)OOOOOOOOO. The summed E-state index contributed by atoms with van der Waals surface area (Å²) in [6.07, 6.45) is 2.73. The van der Waals surface area contributed by atoms with E-state index >= 15 is 0 Å². The van der Waals surface area contributed by atoms with Gasteiger partial charge in [-0.25, -0.2) is 10.1 Å². The molecule has 1 N–H and O–H groups in total. The standard InChI is InChI=1S/C6H14O9/c1-3-4-5-6(2)8-10-12-14-15-13-11-9-7/h6-7H,3-5H2,1-2H3/t6-/m0/s1. The summed E-state index contributed by atoms with van der Waals surface area (Å²) >= 11 is 0. The van der Waals surface area contributed by atoms with E-state index in [0.29, 0.717) is 0 Å². The van der Waals surface area contributed by atoms with E-state index in [1.54, 1.807) is 6.92 Å². The van der Waals surface area contributed by atoms with Crippen molar-refractivity contribution in [3.63, 3.8) is 0 Å². The third kappa shape index (κ3) is 11.6. The Hall–Kier alpha value is -0.360. The maximum absolute atomic E-state index is 7.54. The van der Waals surface area contributed by atoms with Crippen LogP contribution in [0.3, 0.4) is 0 Å². The van der Waals surface area contributed by atoms with Gasteiger partial charge in [0.2, 0.25) is 0 Å². The Balaban J connectivity index is 3.02. The van der Waals surface area contributed by atoms with Gasteiger partial charge in [0.1, 0.15) is 0 Å². The van der Waals surface area contributed by atoms with E-state index in [9.17, 15) is 0 Å². The molecule has 0 aliphatic heterocycles. The van der Waals surface area contributed by atoms with E-state index in [2.05, 4.69) is 47.1 Å². The Bertz CT molecular complexity index is 121. The minimum absolute atomic E-state index is 0.147. The molecule has 0 saturated carbocycles. The summed E-state index contributed by atoms with van der Waals surface area (Å²) in [5.41, 5.74) is 0. The van der Waals surface area contributed by atoms with Gasteiger partial charge < -0.3 is 0 Å².